The molecular weight excluding hydrogens is 250 g/mol. The van der Waals surface area contributed by atoms with Crippen molar-refractivity contribution in [2.45, 2.75) is 6.54 Å². The molecule has 3 rings (SSSR count). The van der Waals surface area contributed by atoms with Crippen molar-refractivity contribution in [1.29, 1.82) is 0 Å². The Kier molecular flexibility index (Phi) is 3.12. The van der Waals surface area contributed by atoms with Crippen LogP contribution in [0.3, 0.4) is 0 Å². The van der Waals surface area contributed by atoms with Gasteiger partial charge in [-0.2, -0.15) is 5.10 Å². The minimum absolute atomic E-state index is 0.427. The zero-order chi connectivity index (χ0) is 14.1. The second-order valence-electron chi connectivity index (χ2n) is 4.90. The second kappa shape index (κ2) is 4.94. The number of imidazole rings is 1. The molecule has 2 aromatic heterocycles. The van der Waals surface area contributed by atoms with Gasteiger partial charge >= 0.3 is 0 Å². The molecule has 5 nitrogen and oxygen atoms in total. The van der Waals surface area contributed by atoms with Gasteiger partial charge in [-0.05, 0) is 24.3 Å². The highest BCUT2D eigenvalue weighted by Gasteiger charge is 2.05. The van der Waals surface area contributed by atoms with E-state index in [1.165, 1.54) is 5.69 Å². The molecule has 20 heavy (non-hydrogen) atoms. The summed E-state index contributed by atoms with van der Waals surface area (Å²) in [5, 5.41) is 4.57. The average Bonchev–Trinajstić information content (AvgIpc) is 2.89. The van der Waals surface area contributed by atoms with E-state index < -0.39 is 0 Å². The van der Waals surface area contributed by atoms with Crippen molar-refractivity contribution < 1.29 is 0 Å². The van der Waals surface area contributed by atoms with Crippen molar-refractivity contribution >= 4 is 11.3 Å². The largest absolute Gasteiger partial charge is 0.378 e. The third-order valence-corrected chi connectivity index (χ3v) is 3.26. The van der Waals surface area contributed by atoms with E-state index in [1.807, 2.05) is 32.4 Å². The van der Waals surface area contributed by atoms with E-state index in [-0.39, 0.29) is 0 Å². The number of aromatic nitrogens is 3. The lowest BCUT2D eigenvalue weighted by Gasteiger charge is -2.12. The van der Waals surface area contributed by atoms with Crippen LogP contribution in [0.15, 0.2) is 42.6 Å². The van der Waals surface area contributed by atoms with Crippen LogP contribution in [0.5, 0.6) is 0 Å². The molecule has 0 aliphatic rings. The lowest BCUT2D eigenvalue weighted by atomic mass is 10.1. The van der Waals surface area contributed by atoms with Gasteiger partial charge < -0.3 is 10.6 Å². The van der Waals surface area contributed by atoms with Crippen molar-refractivity contribution in [3.8, 4) is 11.3 Å². The summed E-state index contributed by atoms with van der Waals surface area (Å²) in [6, 6.07) is 12.3. The Morgan fingerprint density at radius 1 is 1.10 bits per heavy atom. The molecule has 0 amide bonds. The summed E-state index contributed by atoms with van der Waals surface area (Å²) < 4.78 is 1.78. The van der Waals surface area contributed by atoms with Gasteiger partial charge in [-0.15, -0.1) is 0 Å². The van der Waals surface area contributed by atoms with Gasteiger partial charge in [-0.25, -0.2) is 9.50 Å². The molecule has 1 aromatic carbocycles. The molecular formula is C15H17N5. The van der Waals surface area contributed by atoms with E-state index in [4.69, 9.17) is 5.73 Å². The van der Waals surface area contributed by atoms with Crippen LogP contribution in [0.2, 0.25) is 0 Å². The predicted molar refractivity (Wildman–Crippen MR) is 80.6 cm³/mol. The van der Waals surface area contributed by atoms with Crippen LogP contribution in [0.25, 0.3) is 16.9 Å². The van der Waals surface area contributed by atoms with Gasteiger partial charge in [0.1, 0.15) is 0 Å². The molecule has 2 heterocycles. The fourth-order valence-electron chi connectivity index (χ4n) is 2.11. The number of nitrogens with two attached hydrogens (primary N) is 1. The minimum Gasteiger partial charge on any atom is -0.378 e. The van der Waals surface area contributed by atoms with Crippen LogP contribution in [-0.2, 0) is 6.54 Å². The Morgan fingerprint density at radius 3 is 2.50 bits per heavy atom. The summed E-state index contributed by atoms with van der Waals surface area (Å²) in [5.74, 6) is 0. The highest BCUT2D eigenvalue weighted by atomic mass is 15.2. The summed E-state index contributed by atoms with van der Waals surface area (Å²) in [7, 11) is 4.05. The number of hydrogen-bond donors (Lipinski definition) is 1. The first-order valence-electron chi connectivity index (χ1n) is 6.50. The summed E-state index contributed by atoms with van der Waals surface area (Å²) in [6.45, 7) is 0.427. The zero-order valence-corrected chi connectivity index (χ0v) is 11.6. The molecule has 0 unspecified atom stereocenters. The quantitative estimate of drug-likeness (QED) is 0.787. The third kappa shape index (κ3) is 2.23. The van der Waals surface area contributed by atoms with Crippen molar-refractivity contribution in [3.05, 3.63) is 48.3 Å². The molecule has 0 radical (unpaired) electrons. The molecule has 0 atom stereocenters. The predicted octanol–water partition coefficient (Wildman–Crippen LogP) is 1.92. The number of benzene rings is 1. The minimum atomic E-state index is 0.427. The van der Waals surface area contributed by atoms with Gasteiger partial charge in [0.05, 0.1) is 17.6 Å². The first-order chi connectivity index (χ1) is 9.67. The zero-order valence-electron chi connectivity index (χ0n) is 11.6. The number of fused-ring (bicyclic) bond motifs is 1. The Labute approximate surface area is 117 Å². The van der Waals surface area contributed by atoms with Crippen LogP contribution in [-0.4, -0.2) is 28.7 Å². The number of hydrogen-bond acceptors (Lipinski definition) is 4. The fourth-order valence-corrected chi connectivity index (χ4v) is 2.11. The molecule has 2 N–H and O–H groups in total. The standard InChI is InChI=1S/C15H17N5/c1-19(2)13-5-3-11(4-6-13)14-7-8-15-17-12(9-16)10-20(15)18-14/h3-8,10H,9,16H2,1-2H3. The molecule has 0 aliphatic heterocycles. The van der Waals surface area contributed by atoms with Crippen molar-refractivity contribution in [2.75, 3.05) is 19.0 Å². The number of rotatable bonds is 3. The van der Waals surface area contributed by atoms with Gasteiger partial charge in [0.15, 0.2) is 5.65 Å². The molecule has 0 spiro atoms. The topological polar surface area (TPSA) is 59.5 Å². The van der Waals surface area contributed by atoms with Crippen molar-refractivity contribution in [1.82, 2.24) is 14.6 Å². The van der Waals surface area contributed by atoms with Crippen molar-refractivity contribution in [3.63, 3.8) is 0 Å². The normalized spacial score (nSPS) is 10.9. The van der Waals surface area contributed by atoms with E-state index in [0.29, 0.717) is 6.54 Å². The van der Waals surface area contributed by atoms with Crippen LogP contribution in [0, 0.1) is 0 Å². The lowest BCUT2D eigenvalue weighted by molar-refractivity contribution is 0.934. The molecule has 0 fully saturated rings. The van der Waals surface area contributed by atoms with Crippen LogP contribution < -0.4 is 10.6 Å². The summed E-state index contributed by atoms with van der Waals surface area (Å²) in [5.41, 5.74) is 10.4. The third-order valence-electron chi connectivity index (χ3n) is 3.26. The summed E-state index contributed by atoms with van der Waals surface area (Å²) in [4.78, 5) is 6.45. The maximum Gasteiger partial charge on any atom is 0.153 e. The molecule has 0 bridgehead atoms. The Balaban J connectivity index is 2.00. The SMILES string of the molecule is CN(C)c1ccc(-c2ccc3nc(CN)cn3n2)cc1. The first-order valence-corrected chi connectivity index (χ1v) is 6.50. The Bertz CT molecular complexity index is 728. The summed E-state index contributed by atoms with van der Waals surface area (Å²) >= 11 is 0. The molecule has 0 aliphatic carbocycles. The van der Waals surface area contributed by atoms with E-state index >= 15 is 0 Å². The van der Waals surface area contributed by atoms with E-state index in [1.54, 1.807) is 4.52 Å². The maximum atomic E-state index is 5.60. The van der Waals surface area contributed by atoms with Crippen LogP contribution in [0.1, 0.15) is 5.69 Å². The van der Waals surface area contributed by atoms with E-state index in [0.717, 1.165) is 22.6 Å². The fraction of sp³-hybridized carbons (Fsp3) is 0.200. The Morgan fingerprint density at radius 2 is 1.85 bits per heavy atom. The highest BCUT2D eigenvalue weighted by molar-refractivity contribution is 5.63. The monoisotopic (exact) mass is 267 g/mol. The van der Waals surface area contributed by atoms with Crippen LogP contribution in [0.4, 0.5) is 5.69 Å². The van der Waals surface area contributed by atoms with Gasteiger partial charge in [0.2, 0.25) is 0 Å². The van der Waals surface area contributed by atoms with E-state index in [9.17, 15) is 0 Å². The second-order valence-corrected chi connectivity index (χ2v) is 4.90. The lowest BCUT2D eigenvalue weighted by Crippen LogP contribution is -2.08. The first kappa shape index (κ1) is 12.6. The Hall–Kier alpha value is -2.40. The molecule has 3 aromatic rings. The number of anilines is 1. The van der Waals surface area contributed by atoms with Crippen LogP contribution >= 0.6 is 0 Å². The van der Waals surface area contributed by atoms with Gasteiger partial charge in [0, 0.05) is 31.9 Å². The van der Waals surface area contributed by atoms with Crippen molar-refractivity contribution in [2.24, 2.45) is 5.73 Å². The highest BCUT2D eigenvalue weighted by Crippen LogP contribution is 2.21. The van der Waals surface area contributed by atoms with Gasteiger partial charge in [-0.3, -0.25) is 0 Å². The molecule has 5 heteroatoms. The smallest absolute Gasteiger partial charge is 0.153 e. The van der Waals surface area contributed by atoms with Gasteiger partial charge in [-0.1, -0.05) is 12.1 Å². The molecule has 0 saturated carbocycles. The van der Waals surface area contributed by atoms with E-state index in [2.05, 4.69) is 39.2 Å². The van der Waals surface area contributed by atoms with Gasteiger partial charge in [0.25, 0.3) is 0 Å². The number of nitrogens with zero attached hydrogens (tertiary/aromatic N) is 4. The maximum absolute atomic E-state index is 5.60. The summed E-state index contributed by atoms with van der Waals surface area (Å²) in [6.07, 6.45) is 1.87. The molecule has 102 valence electrons. The molecule has 0 saturated heterocycles. The average molecular weight is 267 g/mol.